The monoisotopic (exact) mass is 302 g/mol. The third-order valence-electron chi connectivity index (χ3n) is 3.40. The van der Waals surface area contributed by atoms with Crippen molar-refractivity contribution in [2.24, 2.45) is 0 Å². The molecule has 6 heteroatoms. The van der Waals surface area contributed by atoms with Crippen LogP contribution in [0.5, 0.6) is 28.7 Å². The Kier molecular flexibility index (Phi) is 3.50. The molecular formula is C16H14O6. The van der Waals surface area contributed by atoms with Crippen LogP contribution in [0.2, 0.25) is 0 Å². The molecule has 0 fully saturated rings. The molecule has 114 valence electrons. The number of carbonyl (C=O) groups is 1. The van der Waals surface area contributed by atoms with E-state index in [-0.39, 0.29) is 17.8 Å². The fraction of sp³-hybridized carbons (Fsp3) is 0.188. The molecule has 0 atom stereocenters. The van der Waals surface area contributed by atoms with Crippen molar-refractivity contribution in [3.8, 4) is 28.7 Å². The van der Waals surface area contributed by atoms with Crippen molar-refractivity contribution in [3.05, 3.63) is 41.5 Å². The highest BCUT2D eigenvalue weighted by Crippen LogP contribution is 2.38. The summed E-state index contributed by atoms with van der Waals surface area (Å²) in [4.78, 5) is 12.2. The van der Waals surface area contributed by atoms with Crippen molar-refractivity contribution in [1.29, 1.82) is 0 Å². The molecule has 0 saturated carbocycles. The summed E-state index contributed by atoms with van der Waals surface area (Å²) in [5, 5.41) is 28.5. The van der Waals surface area contributed by atoms with E-state index in [2.05, 4.69) is 0 Å². The van der Waals surface area contributed by atoms with Gasteiger partial charge < -0.3 is 24.8 Å². The van der Waals surface area contributed by atoms with Crippen molar-refractivity contribution < 1.29 is 29.6 Å². The number of ether oxygens (including phenoxy) is 2. The van der Waals surface area contributed by atoms with Crippen LogP contribution in [-0.4, -0.2) is 34.3 Å². The van der Waals surface area contributed by atoms with Gasteiger partial charge in [-0.2, -0.15) is 0 Å². The highest BCUT2D eigenvalue weighted by Gasteiger charge is 2.19. The van der Waals surface area contributed by atoms with E-state index in [0.717, 1.165) is 6.07 Å². The van der Waals surface area contributed by atoms with Gasteiger partial charge >= 0.3 is 0 Å². The van der Waals surface area contributed by atoms with E-state index < -0.39 is 17.2 Å². The maximum Gasteiger partial charge on any atom is 0.201 e. The van der Waals surface area contributed by atoms with Gasteiger partial charge in [-0.3, -0.25) is 4.79 Å². The van der Waals surface area contributed by atoms with Gasteiger partial charge in [0.05, 0.1) is 5.56 Å². The Balaban J connectivity index is 1.84. The van der Waals surface area contributed by atoms with Crippen molar-refractivity contribution in [1.82, 2.24) is 0 Å². The predicted octanol–water partition coefficient (Wildman–Crippen LogP) is 2.00. The SMILES string of the molecule is O=C(Cc1ccc2c(c1)OCCO2)c1ccc(O)c(O)c1O. The minimum atomic E-state index is -0.701. The molecule has 0 aromatic heterocycles. The number of fused-ring (bicyclic) bond motifs is 1. The van der Waals surface area contributed by atoms with Gasteiger partial charge in [0.15, 0.2) is 28.8 Å². The highest BCUT2D eigenvalue weighted by molar-refractivity contribution is 6.01. The number of hydrogen-bond acceptors (Lipinski definition) is 6. The number of Topliss-reactive ketones (excluding diaryl/α,β-unsaturated/α-hetero) is 1. The van der Waals surface area contributed by atoms with Crippen LogP contribution in [0.25, 0.3) is 0 Å². The number of hydrogen-bond donors (Lipinski definition) is 3. The lowest BCUT2D eigenvalue weighted by Crippen LogP contribution is -2.15. The van der Waals surface area contributed by atoms with Gasteiger partial charge in [-0.25, -0.2) is 0 Å². The van der Waals surface area contributed by atoms with Crippen LogP contribution < -0.4 is 9.47 Å². The Hall–Kier alpha value is -2.89. The van der Waals surface area contributed by atoms with Crippen LogP contribution in [0.15, 0.2) is 30.3 Å². The summed E-state index contributed by atoms with van der Waals surface area (Å²) < 4.78 is 10.9. The predicted molar refractivity (Wildman–Crippen MR) is 76.9 cm³/mol. The zero-order valence-electron chi connectivity index (χ0n) is 11.6. The van der Waals surface area contributed by atoms with Gasteiger partial charge in [0, 0.05) is 6.42 Å². The molecule has 0 spiro atoms. The van der Waals surface area contributed by atoms with Crippen molar-refractivity contribution in [2.75, 3.05) is 13.2 Å². The number of ketones is 1. The van der Waals surface area contributed by atoms with E-state index in [1.165, 1.54) is 6.07 Å². The van der Waals surface area contributed by atoms with Gasteiger partial charge in [0.2, 0.25) is 5.75 Å². The summed E-state index contributed by atoms with van der Waals surface area (Å²) in [7, 11) is 0. The van der Waals surface area contributed by atoms with Gasteiger partial charge in [-0.05, 0) is 29.8 Å². The maximum atomic E-state index is 12.2. The number of benzene rings is 2. The average Bonchev–Trinajstić information content (AvgIpc) is 2.52. The molecule has 22 heavy (non-hydrogen) atoms. The first-order valence-corrected chi connectivity index (χ1v) is 6.72. The molecule has 0 saturated heterocycles. The first-order chi connectivity index (χ1) is 10.6. The topological polar surface area (TPSA) is 96.2 Å². The second-order valence-electron chi connectivity index (χ2n) is 4.91. The van der Waals surface area contributed by atoms with E-state index in [4.69, 9.17) is 9.47 Å². The summed E-state index contributed by atoms with van der Waals surface area (Å²) in [6.45, 7) is 0.947. The first kappa shape index (κ1) is 14.1. The first-order valence-electron chi connectivity index (χ1n) is 6.72. The van der Waals surface area contributed by atoms with Crippen LogP contribution in [0.3, 0.4) is 0 Å². The van der Waals surface area contributed by atoms with Gasteiger partial charge in [0.1, 0.15) is 13.2 Å². The molecule has 0 radical (unpaired) electrons. The zero-order chi connectivity index (χ0) is 15.7. The molecule has 0 bridgehead atoms. The number of aromatic hydroxyl groups is 3. The number of carbonyl (C=O) groups excluding carboxylic acids is 1. The van der Waals surface area contributed by atoms with Gasteiger partial charge in [-0.1, -0.05) is 6.07 Å². The van der Waals surface area contributed by atoms with Crippen LogP contribution >= 0.6 is 0 Å². The van der Waals surface area contributed by atoms with Crippen LogP contribution in [-0.2, 0) is 6.42 Å². The second kappa shape index (κ2) is 5.48. The Bertz CT molecular complexity index is 738. The lowest BCUT2D eigenvalue weighted by Gasteiger charge is -2.18. The summed E-state index contributed by atoms with van der Waals surface area (Å²) in [5.41, 5.74) is 0.645. The van der Waals surface area contributed by atoms with Crippen LogP contribution in [0, 0.1) is 0 Å². The molecule has 0 unspecified atom stereocenters. The maximum absolute atomic E-state index is 12.2. The van der Waals surface area contributed by atoms with Gasteiger partial charge in [-0.15, -0.1) is 0 Å². The second-order valence-corrected chi connectivity index (χ2v) is 4.91. The molecule has 3 N–H and O–H groups in total. The lowest BCUT2D eigenvalue weighted by molar-refractivity contribution is 0.0989. The summed E-state index contributed by atoms with van der Waals surface area (Å²) in [5.74, 6) is -0.977. The number of rotatable bonds is 3. The van der Waals surface area contributed by atoms with E-state index in [9.17, 15) is 20.1 Å². The highest BCUT2D eigenvalue weighted by atomic mass is 16.6. The summed E-state index contributed by atoms with van der Waals surface area (Å²) in [6, 6.07) is 7.61. The molecule has 1 aliphatic rings. The molecule has 0 aliphatic carbocycles. The summed E-state index contributed by atoms with van der Waals surface area (Å²) >= 11 is 0. The Labute approximate surface area is 126 Å². The molecule has 0 amide bonds. The summed E-state index contributed by atoms with van der Waals surface area (Å²) in [6.07, 6.45) is 0.0222. The molecular weight excluding hydrogens is 288 g/mol. The standard InChI is InChI=1S/C16H14O6/c17-11-3-2-10(15(19)16(11)20)12(18)7-9-1-4-13-14(8-9)22-6-5-21-13/h1-4,8,17,19-20H,5-7H2. The van der Waals surface area contributed by atoms with E-state index in [0.29, 0.717) is 30.3 Å². The molecule has 1 heterocycles. The van der Waals surface area contributed by atoms with Crippen LogP contribution in [0.1, 0.15) is 15.9 Å². The fourth-order valence-corrected chi connectivity index (χ4v) is 2.27. The number of phenolic OH excluding ortho intramolecular Hbond substituents is 3. The minimum Gasteiger partial charge on any atom is -0.504 e. The van der Waals surface area contributed by atoms with E-state index in [1.54, 1.807) is 18.2 Å². The molecule has 2 aromatic carbocycles. The minimum absolute atomic E-state index is 0.0222. The Morgan fingerprint density at radius 2 is 1.68 bits per heavy atom. The Morgan fingerprint density at radius 1 is 0.955 bits per heavy atom. The van der Waals surface area contributed by atoms with Gasteiger partial charge in [0.25, 0.3) is 0 Å². The fourth-order valence-electron chi connectivity index (χ4n) is 2.27. The quantitative estimate of drug-likeness (QED) is 0.593. The van der Waals surface area contributed by atoms with Crippen LogP contribution in [0.4, 0.5) is 0 Å². The molecule has 1 aliphatic heterocycles. The van der Waals surface area contributed by atoms with Crippen molar-refractivity contribution in [3.63, 3.8) is 0 Å². The molecule has 2 aromatic rings. The lowest BCUT2D eigenvalue weighted by atomic mass is 10.0. The smallest absolute Gasteiger partial charge is 0.201 e. The normalized spacial score (nSPS) is 12.9. The van der Waals surface area contributed by atoms with E-state index in [1.807, 2.05) is 0 Å². The third kappa shape index (κ3) is 2.50. The van der Waals surface area contributed by atoms with Crippen molar-refractivity contribution in [2.45, 2.75) is 6.42 Å². The molecule has 3 rings (SSSR count). The number of phenols is 3. The van der Waals surface area contributed by atoms with E-state index >= 15 is 0 Å². The third-order valence-corrected chi connectivity index (χ3v) is 3.40. The van der Waals surface area contributed by atoms with Crippen molar-refractivity contribution >= 4 is 5.78 Å². The largest absolute Gasteiger partial charge is 0.504 e. The average molecular weight is 302 g/mol. The zero-order valence-corrected chi connectivity index (χ0v) is 11.6. The Morgan fingerprint density at radius 3 is 2.45 bits per heavy atom. The molecule has 6 nitrogen and oxygen atoms in total.